The van der Waals surface area contributed by atoms with Crippen LogP contribution >= 0.6 is 0 Å². The number of amides is 2. The average Bonchev–Trinajstić information content (AvgIpc) is 2.45. The maximum atomic E-state index is 12.0. The van der Waals surface area contributed by atoms with E-state index in [1.54, 1.807) is 0 Å². The molecule has 19 heavy (non-hydrogen) atoms. The first kappa shape index (κ1) is 14.3. The average molecular weight is 268 g/mol. The zero-order valence-corrected chi connectivity index (χ0v) is 11.7. The summed E-state index contributed by atoms with van der Waals surface area (Å²) in [6.45, 7) is 4.31. The number of likely N-dealkylation sites (tertiary alicyclic amines) is 1. The van der Waals surface area contributed by atoms with Crippen LogP contribution in [0.5, 0.6) is 0 Å². The Hall–Kier alpha value is -1.14. The predicted octanol–water partition coefficient (Wildman–Crippen LogP) is -0.981. The van der Waals surface area contributed by atoms with Crippen LogP contribution in [0.4, 0.5) is 0 Å². The van der Waals surface area contributed by atoms with E-state index in [2.05, 4.69) is 10.6 Å². The number of nitrogens with zero attached hydrogens (tertiary/aromatic N) is 2. The van der Waals surface area contributed by atoms with Crippen molar-refractivity contribution < 1.29 is 9.59 Å². The van der Waals surface area contributed by atoms with Crippen LogP contribution in [-0.4, -0.2) is 74.0 Å². The number of piperazine rings is 1. The molecule has 0 radical (unpaired) electrons. The SMILES string of the molecule is CNCCC(=O)N1CCCC(N2CCNCC2=O)C1. The fourth-order valence-electron chi connectivity index (χ4n) is 2.83. The minimum Gasteiger partial charge on any atom is -0.341 e. The largest absolute Gasteiger partial charge is 0.341 e. The maximum Gasteiger partial charge on any atom is 0.236 e. The van der Waals surface area contributed by atoms with Crippen LogP contribution in [0.15, 0.2) is 0 Å². The lowest BCUT2D eigenvalue weighted by Crippen LogP contribution is -2.57. The van der Waals surface area contributed by atoms with Crippen molar-refractivity contribution >= 4 is 11.8 Å². The number of nitrogens with one attached hydrogen (secondary N) is 2. The molecule has 0 aromatic carbocycles. The molecular formula is C13H24N4O2. The number of carbonyl (C=O) groups is 2. The van der Waals surface area contributed by atoms with Crippen molar-refractivity contribution in [2.45, 2.75) is 25.3 Å². The van der Waals surface area contributed by atoms with Gasteiger partial charge in [-0.3, -0.25) is 9.59 Å². The van der Waals surface area contributed by atoms with Crippen molar-refractivity contribution in [1.82, 2.24) is 20.4 Å². The number of rotatable bonds is 4. The minimum absolute atomic E-state index is 0.167. The lowest BCUT2D eigenvalue weighted by atomic mass is 10.0. The van der Waals surface area contributed by atoms with Crippen molar-refractivity contribution in [1.29, 1.82) is 0 Å². The molecule has 2 N–H and O–H groups in total. The molecule has 2 aliphatic heterocycles. The number of carbonyl (C=O) groups excluding carboxylic acids is 2. The predicted molar refractivity (Wildman–Crippen MR) is 72.7 cm³/mol. The van der Waals surface area contributed by atoms with E-state index >= 15 is 0 Å². The summed E-state index contributed by atoms with van der Waals surface area (Å²) in [7, 11) is 1.85. The van der Waals surface area contributed by atoms with E-state index < -0.39 is 0 Å². The van der Waals surface area contributed by atoms with Crippen LogP contribution in [0.1, 0.15) is 19.3 Å². The molecular weight excluding hydrogens is 244 g/mol. The van der Waals surface area contributed by atoms with Crippen molar-refractivity contribution in [3.05, 3.63) is 0 Å². The molecule has 1 unspecified atom stereocenters. The normalized spacial score (nSPS) is 24.7. The van der Waals surface area contributed by atoms with Gasteiger partial charge in [0, 0.05) is 45.2 Å². The molecule has 0 aromatic heterocycles. The Balaban J connectivity index is 1.89. The van der Waals surface area contributed by atoms with Gasteiger partial charge >= 0.3 is 0 Å². The van der Waals surface area contributed by atoms with Gasteiger partial charge in [-0.2, -0.15) is 0 Å². The van der Waals surface area contributed by atoms with Gasteiger partial charge in [0.25, 0.3) is 0 Å². The Bertz CT molecular complexity index is 335. The maximum absolute atomic E-state index is 12.0. The highest BCUT2D eigenvalue weighted by Gasteiger charge is 2.31. The van der Waals surface area contributed by atoms with Crippen LogP contribution in [0.2, 0.25) is 0 Å². The number of piperidine rings is 1. The van der Waals surface area contributed by atoms with Gasteiger partial charge in [0.2, 0.25) is 11.8 Å². The molecule has 2 rings (SSSR count). The summed E-state index contributed by atoms with van der Waals surface area (Å²) in [6, 6.07) is 0.210. The molecule has 0 bridgehead atoms. The molecule has 0 aliphatic carbocycles. The Labute approximate surface area is 114 Å². The topological polar surface area (TPSA) is 64.7 Å². The summed E-state index contributed by atoms with van der Waals surface area (Å²) in [4.78, 5) is 27.8. The highest BCUT2D eigenvalue weighted by molar-refractivity contribution is 5.80. The second-order valence-corrected chi connectivity index (χ2v) is 5.25. The summed E-state index contributed by atoms with van der Waals surface area (Å²) < 4.78 is 0. The molecule has 2 fully saturated rings. The first-order valence-corrected chi connectivity index (χ1v) is 7.15. The van der Waals surface area contributed by atoms with Crippen LogP contribution in [0.25, 0.3) is 0 Å². The number of hydrogen-bond acceptors (Lipinski definition) is 4. The molecule has 6 heteroatoms. The molecule has 108 valence electrons. The molecule has 0 saturated carbocycles. The van der Waals surface area contributed by atoms with Crippen molar-refractivity contribution in [3.8, 4) is 0 Å². The smallest absolute Gasteiger partial charge is 0.236 e. The first-order valence-electron chi connectivity index (χ1n) is 7.15. The van der Waals surface area contributed by atoms with Crippen LogP contribution in [0, 0.1) is 0 Å². The molecule has 2 saturated heterocycles. The summed E-state index contributed by atoms with van der Waals surface area (Å²) in [5, 5.41) is 6.08. The molecule has 2 heterocycles. The summed E-state index contributed by atoms with van der Waals surface area (Å²) in [5.41, 5.74) is 0. The van der Waals surface area contributed by atoms with Gasteiger partial charge in [0.05, 0.1) is 6.54 Å². The monoisotopic (exact) mass is 268 g/mol. The molecule has 0 spiro atoms. The fourth-order valence-corrected chi connectivity index (χ4v) is 2.83. The van der Waals surface area contributed by atoms with Crippen LogP contribution in [0.3, 0.4) is 0 Å². The lowest BCUT2D eigenvalue weighted by molar-refractivity contribution is -0.140. The molecule has 1 atom stereocenters. The second-order valence-electron chi connectivity index (χ2n) is 5.25. The lowest BCUT2D eigenvalue weighted by Gasteiger charge is -2.41. The Morgan fingerprint density at radius 3 is 3.05 bits per heavy atom. The zero-order chi connectivity index (χ0) is 13.7. The van der Waals surface area contributed by atoms with E-state index in [1.165, 1.54) is 0 Å². The van der Waals surface area contributed by atoms with E-state index in [0.717, 1.165) is 32.5 Å². The third-order valence-electron chi connectivity index (χ3n) is 3.90. The van der Waals surface area contributed by atoms with Crippen molar-refractivity contribution in [3.63, 3.8) is 0 Å². The third-order valence-corrected chi connectivity index (χ3v) is 3.90. The first-order chi connectivity index (χ1) is 9.22. The molecule has 2 aliphatic rings. The van der Waals surface area contributed by atoms with Gasteiger partial charge in [-0.1, -0.05) is 0 Å². The van der Waals surface area contributed by atoms with E-state index in [9.17, 15) is 9.59 Å². The van der Waals surface area contributed by atoms with E-state index in [-0.39, 0.29) is 17.9 Å². The quantitative estimate of drug-likeness (QED) is 0.688. The second kappa shape index (κ2) is 6.86. The number of hydrogen-bond donors (Lipinski definition) is 2. The summed E-state index contributed by atoms with van der Waals surface area (Å²) in [6.07, 6.45) is 2.55. The molecule has 0 aromatic rings. The zero-order valence-electron chi connectivity index (χ0n) is 11.7. The van der Waals surface area contributed by atoms with Crippen LogP contribution < -0.4 is 10.6 Å². The van der Waals surface area contributed by atoms with Gasteiger partial charge in [-0.15, -0.1) is 0 Å². The van der Waals surface area contributed by atoms with Gasteiger partial charge in [0.15, 0.2) is 0 Å². The van der Waals surface area contributed by atoms with Crippen LogP contribution in [-0.2, 0) is 9.59 Å². The minimum atomic E-state index is 0.167. The van der Waals surface area contributed by atoms with E-state index in [4.69, 9.17) is 0 Å². The fraction of sp³-hybridized carbons (Fsp3) is 0.846. The Morgan fingerprint density at radius 1 is 1.47 bits per heavy atom. The van der Waals surface area contributed by atoms with Gasteiger partial charge < -0.3 is 20.4 Å². The summed E-state index contributed by atoms with van der Waals surface area (Å²) in [5.74, 6) is 0.363. The molecule has 2 amide bonds. The molecule has 6 nitrogen and oxygen atoms in total. The third kappa shape index (κ3) is 3.67. The Morgan fingerprint density at radius 2 is 2.32 bits per heavy atom. The summed E-state index contributed by atoms with van der Waals surface area (Å²) >= 11 is 0. The van der Waals surface area contributed by atoms with E-state index in [1.807, 2.05) is 16.8 Å². The standard InChI is InChI=1S/C13H24N4O2/c1-14-5-4-12(18)16-7-2-3-11(10-16)17-8-6-15-9-13(17)19/h11,14-15H,2-10H2,1H3. The van der Waals surface area contributed by atoms with Gasteiger partial charge in [-0.25, -0.2) is 0 Å². The highest BCUT2D eigenvalue weighted by Crippen LogP contribution is 2.17. The van der Waals surface area contributed by atoms with Crippen molar-refractivity contribution in [2.24, 2.45) is 0 Å². The van der Waals surface area contributed by atoms with Gasteiger partial charge in [0.1, 0.15) is 0 Å². The highest BCUT2D eigenvalue weighted by atomic mass is 16.2. The van der Waals surface area contributed by atoms with Gasteiger partial charge in [-0.05, 0) is 19.9 Å². The van der Waals surface area contributed by atoms with Crippen molar-refractivity contribution in [2.75, 3.05) is 46.3 Å². The van der Waals surface area contributed by atoms with E-state index in [0.29, 0.717) is 26.1 Å². The Kier molecular flexibility index (Phi) is 5.15.